The fourth-order valence-corrected chi connectivity index (χ4v) is 2.90. The highest BCUT2D eigenvalue weighted by atomic mass is 16.1. The first-order chi connectivity index (χ1) is 10.1. The molecule has 2 aliphatic rings. The summed E-state index contributed by atoms with van der Waals surface area (Å²) in [7, 11) is 0. The molecule has 96 valence electrons. The summed E-state index contributed by atoms with van der Waals surface area (Å²) in [5, 5.41) is 0. The Bertz CT molecular complexity index is 799. The Morgan fingerprint density at radius 3 is 2.43 bits per heavy atom. The van der Waals surface area contributed by atoms with Crippen molar-refractivity contribution in [2.45, 2.75) is 5.41 Å². The van der Waals surface area contributed by atoms with Crippen LogP contribution in [0.15, 0.2) is 47.5 Å². The number of nitrogens with zero attached hydrogens (tertiary/aromatic N) is 3. The topological polar surface area (TPSA) is 74.0 Å². The number of guanidine groups is 1. The van der Waals surface area contributed by atoms with E-state index in [1.54, 1.807) is 12.1 Å². The van der Waals surface area contributed by atoms with Gasteiger partial charge < -0.3 is 0 Å². The summed E-state index contributed by atoms with van der Waals surface area (Å²) in [4.78, 5) is 14.9. The molecule has 0 N–H and O–H groups in total. The molecule has 0 unspecified atom stereocenters. The summed E-state index contributed by atoms with van der Waals surface area (Å²) >= 11 is 0. The van der Waals surface area contributed by atoms with Gasteiger partial charge in [0, 0.05) is 23.8 Å². The number of benzene rings is 2. The van der Waals surface area contributed by atoms with Crippen LogP contribution in [0.2, 0.25) is 0 Å². The molecule has 1 amide bonds. The van der Waals surface area contributed by atoms with Gasteiger partial charge in [-0.3, -0.25) is 4.79 Å². The molecule has 4 nitrogen and oxygen atoms in total. The molecule has 0 bridgehead atoms. The van der Waals surface area contributed by atoms with Crippen LogP contribution in [0.25, 0.3) is 11.1 Å². The molecule has 0 atom stereocenters. The van der Waals surface area contributed by atoms with E-state index in [4.69, 9.17) is 11.5 Å². The minimum atomic E-state index is -1.24. The SMILES string of the molecule is [N]C([N])=NC(=O)c1ccc2c(c1)C1([C][C]1)c1ccccc1-2. The lowest BCUT2D eigenvalue weighted by atomic mass is 9.92. The monoisotopic (exact) mass is 269 g/mol. The van der Waals surface area contributed by atoms with Crippen LogP contribution in [0.5, 0.6) is 0 Å². The highest BCUT2D eigenvalue weighted by Gasteiger charge is 2.53. The van der Waals surface area contributed by atoms with E-state index in [9.17, 15) is 4.79 Å². The van der Waals surface area contributed by atoms with Gasteiger partial charge >= 0.3 is 0 Å². The zero-order chi connectivity index (χ0) is 14.6. The van der Waals surface area contributed by atoms with Gasteiger partial charge in [0.05, 0.1) is 0 Å². The number of rotatable bonds is 1. The third kappa shape index (κ3) is 1.62. The van der Waals surface area contributed by atoms with E-state index in [-0.39, 0.29) is 0 Å². The van der Waals surface area contributed by atoms with Gasteiger partial charge in [0.2, 0.25) is 0 Å². The van der Waals surface area contributed by atoms with Gasteiger partial charge in [-0.2, -0.15) is 4.99 Å². The Balaban J connectivity index is 1.87. The van der Waals surface area contributed by atoms with Gasteiger partial charge in [0.25, 0.3) is 11.9 Å². The highest BCUT2D eigenvalue weighted by molar-refractivity contribution is 6.02. The third-order valence-corrected chi connectivity index (χ3v) is 3.87. The number of amides is 1. The predicted molar refractivity (Wildman–Crippen MR) is 75.2 cm³/mol. The average Bonchev–Trinajstić information content (AvgIpc) is 3.22. The molecule has 1 saturated carbocycles. The molecule has 4 rings (SSSR count). The second-order valence-corrected chi connectivity index (χ2v) is 5.02. The summed E-state index contributed by atoms with van der Waals surface area (Å²) in [6, 6.07) is 13.2. The van der Waals surface area contributed by atoms with Gasteiger partial charge in [-0.1, -0.05) is 30.3 Å². The fourth-order valence-electron chi connectivity index (χ4n) is 2.90. The Morgan fingerprint density at radius 2 is 1.71 bits per heavy atom. The second kappa shape index (κ2) is 3.95. The molecule has 8 radical (unpaired) electrons. The number of aliphatic imine (C=N–C) groups is 1. The largest absolute Gasteiger partial charge is 0.291 e. The molecular formula is C17H7N3O. The molecule has 2 aromatic rings. The van der Waals surface area contributed by atoms with Gasteiger partial charge in [0.15, 0.2) is 0 Å². The first-order valence-electron chi connectivity index (χ1n) is 6.41. The molecule has 2 aromatic carbocycles. The van der Waals surface area contributed by atoms with E-state index in [0.717, 1.165) is 22.3 Å². The normalized spacial score (nSPS) is 16.2. The number of carbonyl (C=O) groups excluding carboxylic acids is 1. The van der Waals surface area contributed by atoms with E-state index in [0.29, 0.717) is 5.56 Å². The minimum absolute atomic E-state index is 0.303. The van der Waals surface area contributed by atoms with Crippen LogP contribution in [0, 0.1) is 12.8 Å². The number of carbonyl (C=O) groups is 1. The van der Waals surface area contributed by atoms with Crippen molar-refractivity contribution in [1.29, 1.82) is 0 Å². The van der Waals surface area contributed by atoms with Crippen LogP contribution >= 0.6 is 0 Å². The summed E-state index contributed by atoms with van der Waals surface area (Å²) in [6.45, 7) is 0. The lowest BCUT2D eigenvalue weighted by Crippen LogP contribution is -2.08. The van der Waals surface area contributed by atoms with Crippen molar-refractivity contribution in [3.63, 3.8) is 0 Å². The van der Waals surface area contributed by atoms with Gasteiger partial charge in [-0.15, -0.1) is 11.5 Å². The first kappa shape index (κ1) is 12.1. The molecule has 2 aliphatic carbocycles. The maximum Gasteiger partial charge on any atom is 0.291 e. The lowest BCUT2D eigenvalue weighted by molar-refractivity contribution is 0.100. The Labute approximate surface area is 122 Å². The van der Waals surface area contributed by atoms with Gasteiger partial charge in [0.1, 0.15) is 0 Å². The third-order valence-electron chi connectivity index (χ3n) is 3.87. The minimum Gasteiger partial charge on any atom is -0.267 e. The molecule has 1 fully saturated rings. The quantitative estimate of drug-likeness (QED) is 0.574. The van der Waals surface area contributed by atoms with E-state index < -0.39 is 17.3 Å². The Morgan fingerprint density at radius 1 is 1.00 bits per heavy atom. The maximum atomic E-state index is 11.8. The average molecular weight is 269 g/mol. The lowest BCUT2D eigenvalue weighted by Gasteiger charge is -2.10. The van der Waals surface area contributed by atoms with Crippen LogP contribution in [0.4, 0.5) is 0 Å². The molecule has 4 heteroatoms. The van der Waals surface area contributed by atoms with Crippen molar-refractivity contribution < 1.29 is 4.79 Å². The smallest absolute Gasteiger partial charge is 0.267 e. The molecule has 0 saturated heterocycles. The van der Waals surface area contributed by atoms with Crippen molar-refractivity contribution in [2.24, 2.45) is 4.99 Å². The van der Waals surface area contributed by atoms with E-state index in [1.807, 2.05) is 30.3 Å². The summed E-state index contributed by atoms with van der Waals surface area (Å²) in [5.41, 5.74) is 21.4. The Hall–Kier alpha value is -2.62. The summed E-state index contributed by atoms with van der Waals surface area (Å²) in [6.07, 6.45) is 6.27. The van der Waals surface area contributed by atoms with E-state index in [2.05, 4.69) is 17.8 Å². The highest BCUT2D eigenvalue weighted by Crippen LogP contribution is 2.61. The molecule has 0 aromatic heterocycles. The van der Waals surface area contributed by atoms with Crippen LogP contribution in [-0.2, 0) is 5.41 Å². The molecule has 0 aliphatic heterocycles. The second-order valence-electron chi connectivity index (χ2n) is 5.02. The molecule has 21 heavy (non-hydrogen) atoms. The van der Waals surface area contributed by atoms with Crippen molar-refractivity contribution in [3.05, 3.63) is 72.0 Å². The van der Waals surface area contributed by atoms with E-state index >= 15 is 0 Å². The molecular weight excluding hydrogens is 262 g/mol. The Kier molecular flexibility index (Phi) is 2.28. The zero-order valence-electron chi connectivity index (χ0n) is 10.8. The van der Waals surface area contributed by atoms with Crippen LogP contribution in [0.1, 0.15) is 21.5 Å². The van der Waals surface area contributed by atoms with Gasteiger partial charge in [-0.25, -0.2) is 0 Å². The van der Waals surface area contributed by atoms with Gasteiger partial charge in [-0.05, 0) is 34.4 Å². The number of fused-ring (bicyclic) bond motifs is 5. The van der Waals surface area contributed by atoms with Crippen LogP contribution in [-0.4, -0.2) is 11.9 Å². The summed E-state index contributed by atoms with van der Waals surface area (Å²) < 4.78 is 0. The van der Waals surface area contributed by atoms with Crippen molar-refractivity contribution >= 4 is 11.9 Å². The van der Waals surface area contributed by atoms with Crippen molar-refractivity contribution in [3.8, 4) is 11.1 Å². The van der Waals surface area contributed by atoms with E-state index in [1.165, 1.54) is 0 Å². The standard InChI is InChI=1S/C17H7N3O/c18-16(19)20-15(21)10-5-6-12-11-3-1-2-4-13(11)17(7-8-17)14(12)9-10/h1-6,9H. The maximum absolute atomic E-state index is 11.8. The zero-order valence-corrected chi connectivity index (χ0v) is 10.8. The van der Waals surface area contributed by atoms with Crippen LogP contribution in [0.3, 0.4) is 0 Å². The number of hydrogen-bond donors (Lipinski definition) is 0. The number of hydrogen-bond acceptors (Lipinski definition) is 1. The first-order valence-corrected chi connectivity index (χ1v) is 6.41. The van der Waals surface area contributed by atoms with Crippen molar-refractivity contribution in [2.75, 3.05) is 0 Å². The molecule has 0 heterocycles. The fraction of sp³-hybridized carbons (Fsp3) is 0.0588. The predicted octanol–water partition coefficient (Wildman–Crippen LogP) is 1.76. The summed E-state index contributed by atoms with van der Waals surface area (Å²) in [5.74, 6) is -1.93. The van der Waals surface area contributed by atoms with Crippen molar-refractivity contribution in [1.82, 2.24) is 11.5 Å². The molecule has 1 spiro atoms. The van der Waals surface area contributed by atoms with Crippen LogP contribution < -0.4 is 11.5 Å².